The van der Waals surface area contributed by atoms with Gasteiger partial charge < -0.3 is 19.7 Å². The van der Waals surface area contributed by atoms with Crippen LogP contribution in [-0.4, -0.2) is 37.6 Å². The van der Waals surface area contributed by atoms with Crippen molar-refractivity contribution in [1.29, 1.82) is 0 Å². The lowest BCUT2D eigenvalue weighted by atomic mass is 10.0. The number of likely N-dealkylation sites (tertiary alicyclic amines) is 1. The summed E-state index contributed by atoms with van der Waals surface area (Å²) in [5.41, 5.74) is 3.14. The van der Waals surface area contributed by atoms with Crippen molar-refractivity contribution in [2.75, 3.05) is 26.1 Å². The van der Waals surface area contributed by atoms with Gasteiger partial charge in [0, 0.05) is 25.6 Å². The van der Waals surface area contributed by atoms with Gasteiger partial charge in [-0.05, 0) is 54.2 Å². The molecule has 1 amide bonds. The quantitative estimate of drug-likeness (QED) is 0.597. The molecule has 0 bridgehead atoms. The second kappa shape index (κ2) is 10.1. The van der Waals surface area contributed by atoms with Crippen LogP contribution >= 0.6 is 11.6 Å². The Labute approximate surface area is 184 Å². The smallest absolute Gasteiger partial charge is 0.223 e. The van der Waals surface area contributed by atoms with Gasteiger partial charge in [0.05, 0.1) is 24.9 Å². The van der Waals surface area contributed by atoms with Crippen molar-refractivity contribution >= 4 is 23.2 Å². The molecule has 3 rings (SSSR count). The van der Waals surface area contributed by atoms with Gasteiger partial charge in [-0.2, -0.15) is 0 Å². The van der Waals surface area contributed by atoms with Crippen molar-refractivity contribution in [3.05, 3.63) is 52.5 Å². The molecule has 1 heterocycles. The van der Waals surface area contributed by atoms with E-state index in [-0.39, 0.29) is 11.9 Å². The molecule has 2 aromatic rings. The summed E-state index contributed by atoms with van der Waals surface area (Å²) in [6, 6.07) is 12.1. The lowest BCUT2D eigenvalue weighted by molar-refractivity contribution is -0.129. The van der Waals surface area contributed by atoms with Crippen LogP contribution in [-0.2, 0) is 17.8 Å². The first-order valence-electron chi connectivity index (χ1n) is 10.4. The Kier molecular flexibility index (Phi) is 7.48. The van der Waals surface area contributed by atoms with Gasteiger partial charge in [-0.3, -0.25) is 4.79 Å². The van der Waals surface area contributed by atoms with Crippen LogP contribution in [0.15, 0.2) is 36.4 Å². The molecule has 0 saturated carbocycles. The minimum atomic E-state index is 0.165. The van der Waals surface area contributed by atoms with Gasteiger partial charge in [0.25, 0.3) is 0 Å². The number of rotatable bonds is 9. The Morgan fingerprint density at radius 1 is 1.10 bits per heavy atom. The maximum Gasteiger partial charge on any atom is 0.223 e. The van der Waals surface area contributed by atoms with Crippen LogP contribution in [0.5, 0.6) is 11.5 Å². The molecule has 2 aromatic carbocycles. The number of hydrogen-bond acceptors (Lipinski definition) is 4. The molecule has 1 aliphatic rings. The lowest BCUT2D eigenvalue weighted by Gasteiger charge is -2.26. The lowest BCUT2D eigenvalue weighted by Crippen LogP contribution is -2.33. The van der Waals surface area contributed by atoms with Gasteiger partial charge in [-0.15, -0.1) is 0 Å². The first-order valence-corrected chi connectivity index (χ1v) is 10.8. The van der Waals surface area contributed by atoms with Crippen molar-refractivity contribution in [3.8, 4) is 11.5 Å². The van der Waals surface area contributed by atoms with E-state index < -0.39 is 0 Å². The highest BCUT2D eigenvalue weighted by Gasteiger charge is 2.31. The number of hydrogen-bond donors (Lipinski definition) is 1. The first kappa shape index (κ1) is 22.3. The van der Waals surface area contributed by atoms with E-state index in [4.69, 9.17) is 21.1 Å². The molecule has 5 nitrogen and oxygen atoms in total. The number of nitrogens with zero attached hydrogens (tertiary/aromatic N) is 1. The number of halogens is 1. The Morgan fingerprint density at radius 3 is 2.53 bits per heavy atom. The van der Waals surface area contributed by atoms with Crippen LogP contribution in [0.3, 0.4) is 0 Å². The Balaban J connectivity index is 1.73. The maximum atomic E-state index is 12.6. The summed E-state index contributed by atoms with van der Waals surface area (Å²) in [6.45, 7) is 5.76. The van der Waals surface area contributed by atoms with E-state index in [1.165, 1.54) is 0 Å². The van der Waals surface area contributed by atoms with Gasteiger partial charge >= 0.3 is 0 Å². The summed E-state index contributed by atoms with van der Waals surface area (Å²) in [5.74, 6) is 2.15. The van der Waals surface area contributed by atoms with E-state index in [9.17, 15) is 4.79 Å². The van der Waals surface area contributed by atoms with Crippen LogP contribution < -0.4 is 14.8 Å². The normalized spacial score (nSPS) is 16.3. The van der Waals surface area contributed by atoms with E-state index in [1.807, 2.05) is 35.2 Å². The Bertz CT molecular complexity index is 885. The second-order valence-corrected chi connectivity index (χ2v) is 8.60. The van der Waals surface area contributed by atoms with Crippen molar-refractivity contribution in [2.45, 2.75) is 45.7 Å². The number of nitrogens with one attached hydrogen (secondary N) is 1. The summed E-state index contributed by atoms with van der Waals surface area (Å²) in [4.78, 5) is 14.6. The SMILES string of the molecule is COc1ccc(C[C@@H]2CCC(=O)N2Cc2ccc(Cl)c(NCC(C)C)c2)cc1OC. The topological polar surface area (TPSA) is 50.8 Å². The van der Waals surface area contributed by atoms with Crippen molar-refractivity contribution in [3.63, 3.8) is 0 Å². The van der Waals surface area contributed by atoms with E-state index in [1.54, 1.807) is 14.2 Å². The predicted octanol–water partition coefficient (Wildman–Crippen LogP) is 5.16. The molecular weight excluding hydrogens is 400 g/mol. The molecule has 1 saturated heterocycles. The summed E-state index contributed by atoms with van der Waals surface area (Å²) >= 11 is 6.35. The molecule has 1 atom stereocenters. The summed E-state index contributed by atoms with van der Waals surface area (Å²) in [6.07, 6.45) is 2.24. The number of carbonyl (C=O) groups excluding carboxylic acids is 1. The fraction of sp³-hybridized carbons (Fsp3) is 0.458. The number of benzene rings is 2. The zero-order valence-electron chi connectivity index (χ0n) is 18.2. The molecule has 0 unspecified atom stereocenters. The van der Waals surface area contributed by atoms with Gasteiger partial charge in [0.15, 0.2) is 11.5 Å². The predicted molar refractivity (Wildman–Crippen MR) is 122 cm³/mol. The van der Waals surface area contributed by atoms with Crippen LogP contribution in [0.25, 0.3) is 0 Å². The first-order chi connectivity index (χ1) is 14.4. The number of anilines is 1. The molecule has 0 aliphatic carbocycles. The second-order valence-electron chi connectivity index (χ2n) is 8.20. The molecule has 0 aromatic heterocycles. The average molecular weight is 431 g/mol. The van der Waals surface area contributed by atoms with Gasteiger partial charge in [0.2, 0.25) is 5.91 Å². The monoisotopic (exact) mass is 430 g/mol. The summed E-state index contributed by atoms with van der Waals surface area (Å²) in [7, 11) is 3.27. The van der Waals surface area contributed by atoms with Crippen molar-refractivity contribution in [1.82, 2.24) is 4.90 Å². The van der Waals surface area contributed by atoms with E-state index in [2.05, 4.69) is 25.2 Å². The van der Waals surface area contributed by atoms with E-state index in [0.717, 1.165) is 36.2 Å². The molecule has 0 radical (unpaired) electrons. The minimum Gasteiger partial charge on any atom is -0.493 e. The summed E-state index contributed by atoms with van der Waals surface area (Å²) < 4.78 is 10.8. The molecule has 1 N–H and O–H groups in total. The Morgan fingerprint density at radius 2 is 1.83 bits per heavy atom. The molecule has 0 spiro atoms. The summed E-state index contributed by atoms with van der Waals surface area (Å²) in [5, 5.41) is 4.11. The van der Waals surface area contributed by atoms with Crippen LogP contribution in [0.4, 0.5) is 5.69 Å². The minimum absolute atomic E-state index is 0.165. The van der Waals surface area contributed by atoms with E-state index >= 15 is 0 Å². The maximum absolute atomic E-state index is 12.6. The van der Waals surface area contributed by atoms with E-state index in [0.29, 0.717) is 35.4 Å². The molecule has 162 valence electrons. The van der Waals surface area contributed by atoms with Gasteiger partial charge in [-0.25, -0.2) is 0 Å². The van der Waals surface area contributed by atoms with Crippen molar-refractivity contribution in [2.24, 2.45) is 5.92 Å². The molecular formula is C24H31ClN2O3. The Hall–Kier alpha value is -2.40. The molecule has 6 heteroatoms. The highest BCUT2D eigenvalue weighted by Crippen LogP contribution is 2.31. The number of carbonyl (C=O) groups is 1. The number of methoxy groups -OCH3 is 2. The third-order valence-electron chi connectivity index (χ3n) is 5.46. The molecule has 30 heavy (non-hydrogen) atoms. The largest absolute Gasteiger partial charge is 0.493 e. The molecule has 1 fully saturated rings. The van der Waals surface area contributed by atoms with Crippen LogP contribution in [0, 0.1) is 5.92 Å². The number of amides is 1. The third-order valence-corrected chi connectivity index (χ3v) is 5.79. The third kappa shape index (κ3) is 5.39. The fourth-order valence-electron chi connectivity index (χ4n) is 3.82. The van der Waals surface area contributed by atoms with Crippen molar-refractivity contribution < 1.29 is 14.3 Å². The van der Waals surface area contributed by atoms with Gasteiger partial charge in [0.1, 0.15) is 0 Å². The van der Waals surface area contributed by atoms with Crippen LogP contribution in [0.2, 0.25) is 5.02 Å². The molecule has 1 aliphatic heterocycles. The fourth-order valence-corrected chi connectivity index (χ4v) is 4.00. The standard InChI is InChI=1S/C24H31ClN2O3/c1-16(2)14-26-21-12-18(5-8-20(21)25)15-27-19(7-10-24(27)28)11-17-6-9-22(29-3)23(13-17)30-4/h5-6,8-9,12-13,16,19,26H,7,10-11,14-15H2,1-4H3/t19-/m0/s1. The van der Waals surface area contributed by atoms with Crippen LogP contribution in [0.1, 0.15) is 37.8 Å². The zero-order valence-corrected chi connectivity index (χ0v) is 19.0. The number of ether oxygens (including phenoxy) is 2. The highest BCUT2D eigenvalue weighted by atomic mass is 35.5. The zero-order chi connectivity index (χ0) is 21.7. The highest BCUT2D eigenvalue weighted by molar-refractivity contribution is 6.33. The average Bonchev–Trinajstić information content (AvgIpc) is 3.07. The van der Waals surface area contributed by atoms with Gasteiger partial charge in [-0.1, -0.05) is 37.6 Å².